The van der Waals surface area contributed by atoms with Crippen molar-refractivity contribution in [1.82, 2.24) is 4.90 Å². The van der Waals surface area contributed by atoms with E-state index in [9.17, 15) is 4.79 Å². The van der Waals surface area contributed by atoms with Crippen LogP contribution in [-0.2, 0) is 4.74 Å². The van der Waals surface area contributed by atoms with Crippen LogP contribution in [0.15, 0.2) is 24.3 Å². The average Bonchev–Trinajstić information content (AvgIpc) is 2.62. The van der Waals surface area contributed by atoms with Gasteiger partial charge >= 0.3 is 0 Å². The number of nitrogens with zero attached hydrogens (tertiary/aromatic N) is 1. The van der Waals surface area contributed by atoms with Crippen LogP contribution in [0.25, 0.3) is 0 Å². The van der Waals surface area contributed by atoms with E-state index in [2.05, 4.69) is 5.32 Å². The first-order valence-corrected chi connectivity index (χ1v) is 6.40. The van der Waals surface area contributed by atoms with E-state index in [4.69, 9.17) is 4.74 Å². The minimum Gasteiger partial charge on any atom is -0.387 e. The summed E-state index contributed by atoms with van der Waals surface area (Å²) in [4.78, 5) is 14.4. The van der Waals surface area contributed by atoms with Crippen LogP contribution in [0.2, 0.25) is 0 Å². The first-order valence-electron chi connectivity index (χ1n) is 6.40. The van der Waals surface area contributed by atoms with E-state index in [1.165, 1.54) is 0 Å². The lowest BCUT2D eigenvalue weighted by Gasteiger charge is -2.23. The number of nitrogens with one attached hydrogen (secondary N) is 1. The van der Waals surface area contributed by atoms with Gasteiger partial charge in [0, 0.05) is 32.4 Å². The molecule has 1 saturated heterocycles. The number of ether oxygens (including phenoxy) is 1. The first kappa shape index (κ1) is 12.9. The van der Waals surface area contributed by atoms with Crippen LogP contribution in [0.5, 0.6) is 0 Å². The van der Waals surface area contributed by atoms with Crippen molar-refractivity contribution >= 4 is 11.6 Å². The molecule has 0 saturated carbocycles. The van der Waals surface area contributed by atoms with E-state index in [0.717, 1.165) is 30.8 Å². The third kappa shape index (κ3) is 2.82. The lowest BCUT2D eigenvalue weighted by atomic mass is 10.1. The number of hydrogen-bond acceptors (Lipinski definition) is 3. The summed E-state index contributed by atoms with van der Waals surface area (Å²) in [6, 6.07) is 7.61. The fourth-order valence-electron chi connectivity index (χ4n) is 2.24. The van der Waals surface area contributed by atoms with Crippen molar-refractivity contribution in [2.75, 3.05) is 32.1 Å². The van der Waals surface area contributed by atoms with E-state index in [0.29, 0.717) is 6.54 Å². The molecule has 0 aromatic heterocycles. The van der Waals surface area contributed by atoms with Gasteiger partial charge in [-0.2, -0.15) is 0 Å². The van der Waals surface area contributed by atoms with Crippen LogP contribution in [0.3, 0.4) is 0 Å². The van der Waals surface area contributed by atoms with Gasteiger partial charge in [0.05, 0.1) is 11.7 Å². The smallest absolute Gasteiger partial charge is 0.256 e. The summed E-state index contributed by atoms with van der Waals surface area (Å²) >= 11 is 0. The second-order valence-electron chi connectivity index (χ2n) is 4.58. The van der Waals surface area contributed by atoms with Gasteiger partial charge in [-0.1, -0.05) is 12.1 Å². The number of anilines is 1. The Labute approximate surface area is 108 Å². The normalized spacial score (nSPS) is 20.3. The summed E-state index contributed by atoms with van der Waals surface area (Å²) in [5.41, 5.74) is 1.61. The predicted octanol–water partition coefficient (Wildman–Crippen LogP) is 1.98. The Morgan fingerprint density at radius 2 is 2.22 bits per heavy atom. The number of benzene rings is 1. The van der Waals surface area contributed by atoms with Crippen molar-refractivity contribution < 1.29 is 9.53 Å². The van der Waals surface area contributed by atoms with Crippen molar-refractivity contribution in [2.45, 2.75) is 19.4 Å². The quantitative estimate of drug-likeness (QED) is 0.870. The van der Waals surface area contributed by atoms with Gasteiger partial charge < -0.3 is 15.0 Å². The highest BCUT2D eigenvalue weighted by atomic mass is 16.5. The van der Waals surface area contributed by atoms with Gasteiger partial charge in [0.15, 0.2) is 0 Å². The summed E-state index contributed by atoms with van der Waals surface area (Å²) in [6.45, 7) is 4.17. The van der Waals surface area contributed by atoms with E-state index in [1.807, 2.05) is 43.1 Å². The molecule has 1 N–H and O–H groups in total. The standard InChI is InChI=1S/C14H20N2O2/c1-11-10-16(8-5-9-18-11)14(17)12-6-3-4-7-13(12)15-2/h3-4,6-7,11,15H,5,8-10H2,1-2H3. The molecule has 1 aliphatic heterocycles. The highest BCUT2D eigenvalue weighted by Crippen LogP contribution is 2.18. The summed E-state index contributed by atoms with van der Waals surface area (Å²) < 4.78 is 5.57. The van der Waals surface area contributed by atoms with E-state index >= 15 is 0 Å². The van der Waals surface area contributed by atoms with Gasteiger partial charge in [0.25, 0.3) is 5.91 Å². The zero-order chi connectivity index (χ0) is 13.0. The van der Waals surface area contributed by atoms with Crippen LogP contribution < -0.4 is 5.32 Å². The highest BCUT2D eigenvalue weighted by molar-refractivity contribution is 5.99. The molecule has 1 amide bonds. The van der Waals surface area contributed by atoms with E-state index in [1.54, 1.807) is 0 Å². The second-order valence-corrected chi connectivity index (χ2v) is 4.58. The molecule has 0 radical (unpaired) electrons. The van der Waals surface area contributed by atoms with Crippen molar-refractivity contribution in [3.8, 4) is 0 Å². The lowest BCUT2D eigenvalue weighted by Crippen LogP contribution is -2.36. The summed E-state index contributed by atoms with van der Waals surface area (Å²) in [5, 5.41) is 3.06. The molecule has 1 heterocycles. The molecule has 1 unspecified atom stereocenters. The molecule has 2 rings (SSSR count). The molecule has 0 bridgehead atoms. The molecule has 1 aliphatic rings. The van der Waals surface area contributed by atoms with E-state index < -0.39 is 0 Å². The first-order chi connectivity index (χ1) is 8.72. The number of carbonyl (C=O) groups excluding carboxylic acids is 1. The largest absolute Gasteiger partial charge is 0.387 e. The monoisotopic (exact) mass is 248 g/mol. The Bertz CT molecular complexity index is 420. The third-order valence-electron chi connectivity index (χ3n) is 3.17. The van der Waals surface area contributed by atoms with E-state index in [-0.39, 0.29) is 12.0 Å². The SMILES string of the molecule is CNc1ccccc1C(=O)N1CCCOC(C)C1. The maximum Gasteiger partial charge on any atom is 0.256 e. The summed E-state index contributed by atoms with van der Waals surface area (Å²) in [6.07, 6.45) is 1.01. The van der Waals surface area contributed by atoms with Gasteiger partial charge in [-0.15, -0.1) is 0 Å². The highest BCUT2D eigenvalue weighted by Gasteiger charge is 2.22. The Balaban J connectivity index is 2.19. The lowest BCUT2D eigenvalue weighted by molar-refractivity contribution is 0.0563. The Morgan fingerprint density at radius 1 is 1.44 bits per heavy atom. The fraction of sp³-hybridized carbons (Fsp3) is 0.500. The van der Waals surface area contributed by atoms with Gasteiger partial charge in [0.1, 0.15) is 0 Å². The molecule has 4 nitrogen and oxygen atoms in total. The molecule has 4 heteroatoms. The molecule has 1 aromatic rings. The molecular formula is C14H20N2O2. The average molecular weight is 248 g/mol. The van der Waals surface area contributed by atoms with Gasteiger partial charge in [-0.25, -0.2) is 0 Å². The molecule has 18 heavy (non-hydrogen) atoms. The summed E-state index contributed by atoms with van der Waals surface area (Å²) in [7, 11) is 1.83. The maximum atomic E-state index is 12.5. The van der Waals surface area contributed by atoms with Gasteiger partial charge in [-0.3, -0.25) is 4.79 Å². The van der Waals surface area contributed by atoms with Crippen LogP contribution >= 0.6 is 0 Å². The van der Waals surface area contributed by atoms with Crippen molar-refractivity contribution in [3.05, 3.63) is 29.8 Å². The molecule has 98 valence electrons. The fourth-order valence-corrected chi connectivity index (χ4v) is 2.24. The third-order valence-corrected chi connectivity index (χ3v) is 3.17. The maximum absolute atomic E-state index is 12.5. The molecule has 1 aromatic carbocycles. The van der Waals surface area contributed by atoms with Crippen LogP contribution in [0, 0.1) is 0 Å². The summed E-state index contributed by atoms with van der Waals surface area (Å²) in [5.74, 6) is 0.0808. The number of amides is 1. The Kier molecular flexibility index (Phi) is 4.20. The molecule has 1 atom stereocenters. The predicted molar refractivity (Wildman–Crippen MR) is 71.9 cm³/mol. The van der Waals surface area contributed by atoms with Crippen LogP contribution in [0.1, 0.15) is 23.7 Å². The molecule has 1 fully saturated rings. The topological polar surface area (TPSA) is 41.6 Å². The number of rotatable bonds is 2. The number of hydrogen-bond donors (Lipinski definition) is 1. The van der Waals surface area contributed by atoms with Crippen LogP contribution in [-0.4, -0.2) is 43.7 Å². The number of carbonyl (C=O) groups is 1. The number of para-hydroxylation sites is 1. The molecule has 0 spiro atoms. The Morgan fingerprint density at radius 3 is 3.00 bits per heavy atom. The minimum atomic E-state index is 0.0808. The van der Waals surface area contributed by atoms with Crippen molar-refractivity contribution in [1.29, 1.82) is 0 Å². The Hall–Kier alpha value is -1.55. The second kappa shape index (κ2) is 5.87. The van der Waals surface area contributed by atoms with Gasteiger partial charge in [-0.05, 0) is 25.5 Å². The zero-order valence-electron chi connectivity index (χ0n) is 11.0. The van der Waals surface area contributed by atoms with Crippen molar-refractivity contribution in [2.24, 2.45) is 0 Å². The minimum absolute atomic E-state index is 0.0808. The zero-order valence-corrected chi connectivity index (χ0v) is 11.0. The van der Waals surface area contributed by atoms with Crippen LogP contribution in [0.4, 0.5) is 5.69 Å². The van der Waals surface area contributed by atoms with Crippen molar-refractivity contribution in [3.63, 3.8) is 0 Å². The molecule has 0 aliphatic carbocycles. The molecular weight excluding hydrogens is 228 g/mol. The van der Waals surface area contributed by atoms with Gasteiger partial charge in [0.2, 0.25) is 0 Å².